The van der Waals surface area contributed by atoms with Crippen molar-refractivity contribution < 1.29 is 13.2 Å². The summed E-state index contributed by atoms with van der Waals surface area (Å²) in [5.41, 5.74) is 0.839. The molecular weight excluding hydrogens is 342 g/mol. The van der Waals surface area contributed by atoms with Gasteiger partial charge in [-0.05, 0) is 31.9 Å². The molecule has 9 heteroatoms. The summed E-state index contributed by atoms with van der Waals surface area (Å²) in [6.45, 7) is 3.29. The molecule has 0 saturated carbocycles. The Balaban J connectivity index is 1.86. The van der Waals surface area contributed by atoms with Crippen LogP contribution in [0.4, 0.5) is 5.82 Å². The van der Waals surface area contributed by atoms with Gasteiger partial charge in [0.1, 0.15) is 17.4 Å². The fraction of sp³-hybridized carbons (Fsp3) is 0.500. The molecule has 1 fully saturated rings. The number of ether oxygens (including phenoxy) is 1. The molecule has 2 heterocycles. The van der Waals surface area contributed by atoms with Crippen LogP contribution in [-0.4, -0.2) is 56.0 Å². The Morgan fingerprint density at radius 1 is 1.28 bits per heavy atom. The van der Waals surface area contributed by atoms with Crippen molar-refractivity contribution in [3.63, 3.8) is 0 Å². The average Bonchev–Trinajstić information content (AvgIpc) is 2.59. The predicted molar refractivity (Wildman–Crippen MR) is 96.9 cm³/mol. The summed E-state index contributed by atoms with van der Waals surface area (Å²) in [5.74, 6) is 2.33. The van der Waals surface area contributed by atoms with Gasteiger partial charge in [-0.25, -0.2) is 15.1 Å². The third kappa shape index (κ3) is 3.68. The number of hydrogen-bond acceptors (Lipinski definition) is 6. The van der Waals surface area contributed by atoms with Gasteiger partial charge >= 0.3 is 0 Å². The highest BCUT2D eigenvalue weighted by Gasteiger charge is 2.28. The predicted octanol–water partition coefficient (Wildman–Crippen LogP) is 1.05. The molecule has 1 aliphatic rings. The number of nitrogens with two attached hydrogens (primary N) is 1. The fourth-order valence-corrected chi connectivity index (χ4v) is 3.85. The lowest BCUT2D eigenvalue weighted by Crippen LogP contribution is -2.47. The summed E-state index contributed by atoms with van der Waals surface area (Å²) in [6, 6.07) is 5.67. The Labute approximate surface area is 147 Å². The SMILES string of the molecule is COc1ccc2c(N3CCC(N(C)S(N)(=O)=O)CC3)nc(C)nc2c1. The molecule has 136 valence electrons. The third-order valence-corrected chi connectivity index (χ3v) is 5.78. The van der Waals surface area contributed by atoms with Gasteiger partial charge in [0.05, 0.1) is 12.6 Å². The molecule has 0 atom stereocenters. The van der Waals surface area contributed by atoms with E-state index in [1.165, 1.54) is 11.4 Å². The number of piperidine rings is 1. The normalized spacial score (nSPS) is 16.6. The van der Waals surface area contributed by atoms with Crippen LogP contribution in [0, 0.1) is 6.92 Å². The molecule has 3 rings (SSSR count). The summed E-state index contributed by atoms with van der Waals surface area (Å²) >= 11 is 0. The third-order valence-electron chi connectivity index (χ3n) is 4.68. The van der Waals surface area contributed by atoms with E-state index in [-0.39, 0.29) is 6.04 Å². The minimum atomic E-state index is -3.66. The molecule has 0 unspecified atom stereocenters. The second-order valence-corrected chi connectivity index (χ2v) is 7.86. The Morgan fingerprint density at radius 3 is 2.56 bits per heavy atom. The lowest BCUT2D eigenvalue weighted by atomic mass is 10.0. The number of hydrogen-bond donors (Lipinski definition) is 1. The minimum absolute atomic E-state index is 0.0828. The Hall–Kier alpha value is -1.97. The summed E-state index contributed by atoms with van der Waals surface area (Å²) in [7, 11) is -0.497. The maximum Gasteiger partial charge on any atom is 0.276 e. The van der Waals surface area contributed by atoms with Crippen LogP contribution in [0.25, 0.3) is 10.9 Å². The van der Waals surface area contributed by atoms with Gasteiger partial charge in [0, 0.05) is 37.6 Å². The van der Waals surface area contributed by atoms with Crippen LogP contribution in [-0.2, 0) is 10.2 Å². The van der Waals surface area contributed by atoms with Crippen molar-refractivity contribution in [2.45, 2.75) is 25.8 Å². The van der Waals surface area contributed by atoms with Crippen LogP contribution >= 0.6 is 0 Å². The van der Waals surface area contributed by atoms with Gasteiger partial charge in [0.15, 0.2) is 0 Å². The molecular formula is C16H23N5O3S. The van der Waals surface area contributed by atoms with Gasteiger partial charge in [0.2, 0.25) is 0 Å². The van der Waals surface area contributed by atoms with E-state index in [4.69, 9.17) is 9.88 Å². The van der Waals surface area contributed by atoms with Gasteiger partial charge in [-0.1, -0.05) is 0 Å². The number of aryl methyl sites for hydroxylation is 1. The van der Waals surface area contributed by atoms with Gasteiger partial charge in [-0.2, -0.15) is 12.7 Å². The second-order valence-electron chi connectivity index (χ2n) is 6.26. The van der Waals surface area contributed by atoms with Crippen LogP contribution in [0.1, 0.15) is 18.7 Å². The molecule has 0 amide bonds. The van der Waals surface area contributed by atoms with E-state index < -0.39 is 10.2 Å². The largest absolute Gasteiger partial charge is 0.497 e. The zero-order valence-electron chi connectivity index (χ0n) is 14.6. The molecule has 8 nitrogen and oxygen atoms in total. The summed E-state index contributed by atoms with van der Waals surface area (Å²) in [6.07, 6.45) is 1.40. The summed E-state index contributed by atoms with van der Waals surface area (Å²) < 4.78 is 29.6. The zero-order valence-corrected chi connectivity index (χ0v) is 15.5. The van der Waals surface area contributed by atoms with E-state index in [0.717, 1.165) is 22.5 Å². The lowest BCUT2D eigenvalue weighted by molar-refractivity contribution is 0.312. The molecule has 1 saturated heterocycles. The Bertz CT molecular complexity index is 879. The number of fused-ring (bicyclic) bond motifs is 1. The second kappa shape index (κ2) is 6.74. The first-order valence-electron chi connectivity index (χ1n) is 8.12. The fourth-order valence-electron chi connectivity index (χ4n) is 3.22. The van der Waals surface area contributed by atoms with Crippen molar-refractivity contribution in [2.75, 3.05) is 32.1 Å². The molecule has 2 aromatic rings. The van der Waals surface area contributed by atoms with Crippen molar-refractivity contribution in [3.05, 3.63) is 24.0 Å². The minimum Gasteiger partial charge on any atom is -0.497 e. The molecule has 0 aliphatic carbocycles. The standard InChI is InChI=1S/C16H23N5O3S/c1-11-18-15-10-13(24-3)4-5-14(15)16(19-11)21-8-6-12(7-9-21)20(2)25(17,22)23/h4-5,10,12H,6-9H2,1-3H3,(H2,17,22,23). The average molecular weight is 365 g/mol. The highest BCUT2D eigenvalue weighted by Crippen LogP contribution is 2.29. The van der Waals surface area contributed by atoms with Crippen molar-refractivity contribution in [1.29, 1.82) is 0 Å². The van der Waals surface area contributed by atoms with E-state index in [1.807, 2.05) is 25.1 Å². The lowest BCUT2D eigenvalue weighted by Gasteiger charge is -2.36. The molecule has 1 aromatic carbocycles. The number of nitrogens with zero attached hydrogens (tertiary/aromatic N) is 4. The smallest absolute Gasteiger partial charge is 0.276 e. The Morgan fingerprint density at radius 2 is 1.96 bits per heavy atom. The van der Waals surface area contributed by atoms with E-state index in [2.05, 4.69) is 14.9 Å². The van der Waals surface area contributed by atoms with Crippen molar-refractivity contribution >= 4 is 26.9 Å². The van der Waals surface area contributed by atoms with Crippen LogP contribution in [0.5, 0.6) is 5.75 Å². The van der Waals surface area contributed by atoms with Gasteiger partial charge in [0.25, 0.3) is 10.2 Å². The van der Waals surface area contributed by atoms with E-state index in [0.29, 0.717) is 31.8 Å². The highest BCUT2D eigenvalue weighted by molar-refractivity contribution is 7.86. The zero-order chi connectivity index (χ0) is 18.2. The molecule has 0 bridgehead atoms. The maximum absolute atomic E-state index is 11.5. The molecule has 2 N–H and O–H groups in total. The number of rotatable bonds is 4. The van der Waals surface area contributed by atoms with E-state index in [1.54, 1.807) is 7.11 Å². The number of benzene rings is 1. The van der Waals surface area contributed by atoms with Crippen LogP contribution < -0.4 is 14.8 Å². The maximum atomic E-state index is 11.5. The highest BCUT2D eigenvalue weighted by atomic mass is 32.2. The first kappa shape index (κ1) is 17.8. The summed E-state index contributed by atoms with van der Waals surface area (Å²) in [5, 5.41) is 6.19. The van der Waals surface area contributed by atoms with Crippen LogP contribution in [0.15, 0.2) is 18.2 Å². The molecule has 0 spiro atoms. The van der Waals surface area contributed by atoms with Crippen molar-refractivity contribution in [1.82, 2.24) is 14.3 Å². The van der Waals surface area contributed by atoms with Gasteiger partial charge in [-0.3, -0.25) is 0 Å². The van der Waals surface area contributed by atoms with Crippen LogP contribution in [0.3, 0.4) is 0 Å². The van der Waals surface area contributed by atoms with Gasteiger partial charge < -0.3 is 9.64 Å². The number of anilines is 1. The molecule has 1 aromatic heterocycles. The van der Waals surface area contributed by atoms with E-state index >= 15 is 0 Å². The summed E-state index contributed by atoms with van der Waals surface area (Å²) in [4.78, 5) is 11.3. The van der Waals surface area contributed by atoms with E-state index in [9.17, 15) is 8.42 Å². The first-order valence-corrected chi connectivity index (χ1v) is 9.63. The topological polar surface area (TPSA) is 102 Å². The van der Waals surface area contributed by atoms with Crippen molar-refractivity contribution in [3.8, 4) is 5.75 Å². The van der Waals surface area contributed by atoms with Crippen molar-refractivity contribution in [2.24, 2.45) is 5.14 Å². The van der Waals surface area contributed by atoms with Gasteiger partial charge in [-0.15, -0.1) is 0 Å². The molecule has 1 aliphatic heterocycles. The molecule has 25 heavy (non-hydrogen) atoms. The quantitative estimate of drug-likeness (QED) is 0.869. The molecule has 0 radical (unpaired) electrons. The van der Waals surface area contributed by atoms with Crippen LogP contribution in [0.2, 0.25) is 0 Å². The number of aromatic nitrogens is 2. The Kier molecular flexibility index (Phi) is 4.81. The monoisotopic (exact) mass is 365 g/mol. The number of methoxy groups -OCH3 is 1. The first-order chi connectivity index (χ1) is 11.8.